The summed E-state index contributed by atoms with van der Waals surface area (Å²) in [7, 11) is 0. The number of hydrogen-bond acceptors (Lipinski definition) is 4. The predicted molar refractivity (Wildman–Crippen MR) is 96.4 cm³/mol. The van der Waals surface area contributed by atoms with Crippen LogP contribution in [0.25, 0.3) is 6.08 Å². The van der Waals surface area contributed by atoms with Crippen molar-refractivity contribution in [1.82, 2.24) is 4.98 Å². The van der Waals surface area contributed by atoms with E-state index in [4.69, 9.17) is 16.3 Å². The van der Waals surface area contributed by atoms with Crippen LogP contribution < -0.4 is 10.2 Å². The van der Waals surface area contributed by atoms with E-state index in [2.05, 4.69) is 15.2 Å². The molecule has 1 aromatic heterocycles. The maximum Gasteiger partial charge on any atom is 0.248 e. The van der Waals surface area contributed by atoms with E-state index < -0.39 is 0 Å². The number of amides is 1. The minimum Gasteiger partial charge on any atom is -0.378 e. The number of halogens is 1. The second kappa shape index (κ2) is 7.95. The lowest BCUT2D eigenvalue weighted by Crippen LogP contribution is -2.37. The molecule has 3 rings (SSSR count). The van der Waals surface area contributed by atoms with Crippen LogP contribution in [0, 0.1) is 0 Å². The Hall–Kier alpha value is -2.37. The van der Waals surface area contributed by atoms with Crippen molar-refractivity contribution < 1.29 is 9.53 Å². The Morgan fingerprint density at radius 2 is 1.96 bits per heavy atom. The number of carbonyl (C=O) groups is 1. The van der Waals surface area contributed by atoms with Gasteiger partial charge in [-0.05, 0) is 35.9 Å². The molecule has 1 aliphatic rings. The van der Waals surface area contributed by atoms with Crippen LogP contribution in [0.15, 0.2) is 48.7 Å². The van der Waals surface area contributed by atoms with Gasteiger partial charge in [-0.25, -0.2) is 4.98 Å². The fourth-order valence-electron chi connectivity index (χ4n) is 2.44. The molecule has 0 atom stereocenters. The number of carbonyl (C=O) groups excluding carboxylic acids is 1. The van der Waals surface area contributed by atoms with Gasteiger partial charge >= 0.3 is 0 Å². The van der Waals surface area contributed by atoms with Crippen LogP contribution in [0.1, 0.15) is 5.56 Å². The Morgan fingerprint density at radius 3 is 2.71 bits per heavy atom. The molecule has 5 nitrogen and oxygen atoms in total. The number of nitrogens with one attached hydrogen (secondary N) is 1. The number of benzene rings is 1. The van der Waals surface area contributed by atoms with Crippen LogP contribution in [0.4, 0.5) is 11.5 Å². The first-order valence-corrected chi connectivity index (χ1v) is 8.12. The van der Waals surface area contributed by atoms with Crippen molar-refractivity contribution >= 4 is 35.1 Å². The third-order valence-corrected chi connectivity index (χ3v) is 3.90. The first-order valence-electron chi connectivity index (χ1n) is 7.75. The van der Waals surface area contributed by atoms with Gasteiger partial charge in [-0.15, -0.1) is 0 Å². The molecule has 0 spiro atoms. The molecule has 24 heavy (non-hydrogen) atoms. The first-order chi connectivity index (χ1) is 11.7. The number of anilines is 2. The standard InChI is InChI=1S/C18H18ClN3O2/c19-15-6-3-14(4-7-15)5-8-17(23)21-16-2-1-9-20-18(16)22-10-12-24-13-11-22/h1-9H,10-13H2,(H,21,23)/b8-5+. The Kier molecular flexibility index (Phi) is 5.46. The number of rotatable bonds is 4. The molecule has 0 saturated carbocycles. The maximum atomic E-state index is 12.2. The minimum atomic E-state index is -0.201. The summed E-state index contributed by atoms with van der Waals surface area (Å²) in [6, 6.07) is 11.0. The Morgan fingerprint density at radius 1 is 1.21 bits per heavy atom. The van der Waals surface area contributed by atoms with Crippen molar-refractivity contribution in [2.24, 2.45) is 0 Å². The van der Waals surface area contributed by atoms with Crippen LogP contribution >= 0.6 is 11.6 Å². The molecular weight excluding hydrogens is 326 g/mol. The second-order valence-corrected chi connectivity index (χ2v) is 5.78. The lowest BCUT2D eigenvalue weighted by molar-refractivity contribution is -0.111. The summed E-state index contributed by atoms with van der Waals surface area (Å²) < 4.78 is 5.36. The highest BCUT2D eigenvalue weighted by Crippen LogP contribution is 2.23. The van der Waals surface area contributed by atoms with Gasteiger partial charge in [0.05, 0.1) is 18.9 Å². The molecule has 1 fully saturated rings. The van der Waals surface area contributed by atoms with Gasteiger partial charge < -0.3 is 15.0 Å². The molecule has 1 amide bonds. The van der Waals surface area contributed by atoms with Crippen molar-refractivity contribution in [2.75, 3.05) is 36.5 Å². The first kappa shape index (κ1) is 16.5. The zero-order valence-electron chi connectivity index (χ0n) is 13.1. The maximum absolute atomic E-state index is 12.2. The average Bonchev–Trinajstić information content (AvgIpc) is 2.62. The van der Waals surface area contributed by atoms with E-state index in [1.165, 1.54) is 6.08 Å². The number of nitrogens with zero attached hydrogens (tertiary/aromatic N) is 2. The predicted octanol–water partition coefficient (Wildman–Crippen LogP) is 3.22. The molecule has 1 saturated heterocycles. The van der Waals surface area contributed by atoms with Crippen molar-refractivity contribution in [2.45, 2.75) is 0 Å². The topological polar surface area (TPSA) is 54.5 Å². The Labute approximate surface area is 145 Å². The fraction of sp³-hybridized carbons (Fsp3) is 0.222. The SMILES string of the molecule is O=C(/C=C/c1ccc(Cl)cc1)Nc1cccnc1N1CCOCC1. The molecule has 0 unspecified atom stereocenters. The number of pyridine rings is 1. The van der Waals surface area contributed by atoms with Gasteiger partial charge in [0.2, 0.25) is 5.91 Å². The van der Waals surface area contributed by atoms with Gasteiger partial charge in [0.15, 0.2) is 5.82 Å². The van der Waals surface area contributed by atoms with Crippen molar-refractivity contribution in [3.8, 4) is 0 Å². The van der Waals surface area contributed by atoms with Crippen LogP contribution in [-0.2, 0) is 9.53 Å². The van der Waals surface area contributed by atoms with E-state index in [9.17, 15) is 4.79 Å². The molecule has 1 aliphatic heterocycles. The van der Waals surface area contributed by atoms with E-state index in [1.54, 1.807) is 24.4 Å². The van der Waals surface area contributed by atoms with E-state index in [0.717, 1.165) is 24.5 Å². The zero-order chi connectivity index (χ0) is 16.8. The molecular formula is C18H18ClN3O2. The smallest absolute Gasteiger partial charge is 0.248 e. The highest BCUT2D eigenvalue weighted by Gasteiger charge is 2.16. The van der Waals surface area contributed by atoms with Gasteiger partial charge in [0, 0.05) is 30.4 Å². The number of aromatic nitrogens is 1. The van der Waals surface area contributed by atoms with Gasteiger partial charge in [-0.3, -0.25) is 4.79 Å². The summed E-state index contributed by atoms with van der Waals surface area (Å²) in [6.07, 6.45) is 4.97. The molecule has 1 N–H and O–H groups in total. The molecule has 124 valence electrons. The van der Waals surface area contributed by atoms with Crippen molar-refractivity contribution in [3.05, 3.63) is 59.3 Å². The van der Waals surface area contributed by atoms with Crippen LogP contribution in [0.5, 0.6) is 0 Å². The monoisotopic (exact) mass is 343 g/mol. The number of morpholine rings is 1. The molecule has 6 heteroatoms. The van der Waals surface area contributed by atoms with Gasteiger partial charge in [-0.1, -0.05) is 23.7 Å². The summed E-state index contributed by atoms with van der Waals surface area (Å²) in [6.45, 7) is 2.86. The largest absolute Gasteiger partial charge is 0.378 e. The van der Waals surface area contributed by atoms with E-state index in [0.29, 0.717) is 23.9 Å². The normalized spacial score (nSPS) is 14.8. The van der Waals surface area contributed by atoms with Crippen LogP contribution in [-0.4, -0.2) is 37.2 Å². The molecule has 0 bridgehead atoms. The van der Waals surface area contributed by atoms with Crippen LogP contribution in [0.3, 0.4) is 0 Å². The number of hydrogen-bond donors (Lipinski definition) is 1. The fourth-order valence-corrected chi connectivity index (χ4v) is 2.57. The highest BCUT2D eigenvalue weighted by molar-refractivity contribution is 6.30. The molecule has 2 heterocycles. The van der Waals surface area contributed by atoms with Crippen molar-refractivity contribution in [3.63, 3.8) is 0 Å². The third kappa shape index (κ3) is 4.34. The van der Waals surface area contributed by atoms with Crippen LogP contribution in [0.2, 0.25) is 5.02 Å². The summed E-state index contributed by atoms with van der Waals surface area (Å²) >= 11 is 5.85. The summed E-state index contributed by atoms with van der Waals surface area (Å²) in [5.41, 5.74) is 1.61. The zero-order valence-corrected chi connectivity index (χ0v) is 13.9. The minimum absolute atomic E-state index is 0.201. The lowest BCUT2D eigenvalue weighted by atomic mass is 10.2. The van der Waals surface area contributed by atoms with Gasteiger partial charge in [0.25, 0.3) is 0 Å². The average molecular weight is 344 g/mol. The number of ether oxygens (including phenoxy) is 1. The molecule has 0 aliphatic carbocycles. The Balaban J connectivity index is 1.69. The highest BCUT2D eigenvalue weighted by atomic mass is 35.5. The van der Waals surface area contributed by atoms with Gasteiger partial charge in [0.1, 0.15) is 0 Å². The second-order valence-electron chi connectivity index (χ2n) is 5.35. The van der Waals surface area contributed by atoms with Crippen molar-refractivity contribution in [1.29, 1.82) is 0 Å². The van der Waals surface area contributed by atoms with E-state index >= 15 is 0 Å². The van der Waals surface area contributed by atoms with E-state index in [1.807, 2.05) is 24.3 Å². The lowest BCUT2D eigenvalue weighted by Gasteiger charge is -2.29. The third-order valence-electron chi connectivity index (χ3n) is 3.65. The summed E-state index contributed by atoms with van der Waals surface area (Å²) in [5.74, 6) is 0.571. The Bertz CT molecular complexity index is 725. The summed E-state index contributed by atoms with van der Waals surface area (Å²) in [5, 5.41) is 3.56. The van der Waals surface area contributed by atoms with E-state index in [-0.39, 0.29) is 5.91 Å². The quantitative estimate of drug-likeness (QED) is 0.866. The molecule has 2 aromatic rings. The van der Waals surface area contributed by atoms with Gasteiger partial charge in [-0.2, -0.15) is 0 Å². The molecule has 0 radical (unpaired) electrons. The molecule has 1 aromatic carbocycles. The summed E-state index contributed by atoms with van der Waals surface area (Å²) in [4.78, 5) is 18.7.